The first-order valence-corrected chi connectivity index (χ1v) is 5.67. The lowest BCUT2D eigenvalue weighted by Gasteiger charge is -2.28. The van der Waals surface area contributed by atoms with Crippen molar-refractivity contribution < 1.29 is 9.90 Å². The third kappa shape index (κ3) is 2.65. The molecule has 1 aromatic carbocycles. The Hall–Kier alpha value is -1.81. The summed E-state index contributed by atoms with van der Waals surface area (Å²) in [6, 6.07) is 7.95. The maximum atomic E-state index is 10.9. The molecule has 0 fully saturated rings. The van der Waals surface area contributed by atoms with Gasteiger partial charge >= 0.3 is 5.97 Å². The second-order valence-corrected chi connectivity index (χ2v) is 4.12. The van der Waals surface area contributed by atoms with Gasteiger partial charge in [0.15, 0.2) is 0 Å². The Morgan fingerprint density at radius 1 is 1.35 bits per heavy atom. The van der Waals surface area contributed by atoms with Crippen molar-refractivity contribution in [2.75, 3.05) is 18.0 Å². The number of benzene rings is 1. The molecule has 1 aromatic rings. The van der Waals surface area contributed by atoms with Crippen LogP contribution in [0.5, 0.6) is 0 Å². The first-order valence-electron chi connectivity index (χ1n) is 5.67. The summed E-state index contributed by atoms with van der Waals surface area (Å²) in [5, 5.41) is 8.97. The number of nitrogens with zero attached hydrogens (tertiary/aromatic N) is 1. The lowest BCUT2D eigenvalue weighted by atomic mass is 10.1. The molecule has 1 aliphatic heterocycles. The normalized spacial score (nSPS) is 15.6. The smallest absolute Gasteiger partial charge is 0.333 e. The highest BCUT2D eigenvalue weighted by Crippen LogP contribution is 2.20. The predicted octanol–water partition coefficient (Wildman–Crippen LogP) is 1.37. The summed E-state index contributed by atoms with van der Waals surface area (Å²) < 4.78 is 0. The van der Waals surface area contributed by atoms with Crippen LogP contribution in [0.1, 0.15) is 12.0 Å². The Bertz CT molecular complexity index is 437. The quantitative estimate of drug-likeness (QED) is 0.826. The molecule has 4 nitrogen and oxygen atoms in total. The zero-order chi connectivity index (χ0) is 12.3. The lowest BCUT2D eigenvalue weighted by Crippen LogP contribution is -2.32. The van der Waals surface area contributed by atoms with E-state index in [2.05, 4.69) is 4.90 Å². The van der Waals surface area contributed by atoms with Gasteiger partial charge in [-0.2, -0.15) is 0 Å². The molecule has 0 amide bonds. The highest BCUT2D eigenvalue weighted by atomic mass is 16.4. The Morgan fingerprint density at radius 3 is 2.65 bits per heavy atom. The fourth-order valence-corrected chi connectivity index (χ4v) is 1.96. The van der Waals surface area contributed by atoms with Gasteiger partial charge in [-0.1, -0.05) is 18.2 Å². The fraction of sp³-hybridized carbons (Fsp3) is 0.308. The van der Waals surface area contributed by atoms with Gasteiger partial charge in [-0.15, -0.1) is 0 Å². The third-order valence-corrected chi connectivity index (χ3v) is 2.96. The average Bonchev–Trinajstić information content (AvgIpc) is 2.39. The Kier molecular flexibility index (Phi) is 3.44. The summed E-state index contributed by atoms with van der Waals surface area (Å²) in [4.78, 5) is 13.0. The topological polar surface area (TPSA) is 66.6 Å². The first-order chi connectivity index (χ1) is 8.20. The molecule has 1 aliphatic rings. The molecule has 0 saturated heterocycles. The van der Waals surface area contributed by atoms with Crippen LogP contribution in [0.4, 0.5) is 5.69 Å². The Labute approximate surface area is 100 Å². The number of carbonyl (C=O) groups is 1. The van der Waals surface area contributed by atoms with Gasteiger partial charge in [-0.25, -0.2) is 4.79 Å². The number of carboxylic acids is 1. The fourth-order valence-electron chi connectivity index (χ4n) is 1.96. The van der Waals surface area contributed by atoms with E-state index in [4.69, 9.17) is 10.8 Å². The van der Waals surface area contributed by atoms with Crippen molar-refractivity contribution in [3.63, 3.8) is 0 Å². The van der Waals surface area contributed by atoms with Crippen LogP contribution in [-0.4, -0.2) is 24.2 Å². The molecule has 0 saturated carbocycles. The van der Waals surface area contributed by atoms with Crippen molar-refractivity contribution in [1.29, 1.82) is 0 Å². The number of aliphatic carboxylic acids is 1. The number of nitrogens with two attached hydrogens (primary N) is 1. The van der Waals surface area contributed by atoms with E-state index in [1.165, 1.54) is 0 Å². The summed E-state index contributed by atoms with van der Waals surface area (Å²) in [5.74, 6) is -0.826. The van der Waals surface area contributed by atoms with Gasteiger partial charge in [0.05, 0.1) is 5.57 Å². The minimum atomic E-state index is -0.826. The van der Waals surface area contributed by atoms with Crippen LogP contribution in [-0.2, 0) is 11.3 Å². The Balaban J connectivity index is 2.12. The molecule has 0 radical (unpaired) electrons. The third-order valence-electron chi connectivity index (χ3n) is 2.96. The van der Waals surface area contributed by atoms with Crippen molar-refractivity contribution in [1.82, 2.24) is 0 Å². The molecule has 0 unspecified atom stereocenters. The molecular weight excluding hydrogens is 216 g/mol. The van der Waals surface area contributed by atoms with Crippen LogP contribution in [0, 0.1) is 0 Å². The van der Waals surface area contributed by atoms with Gasteiger partial charge in [0, 0.05) is 25.3 Å². The summed E-state index contributed by atoms with van der Waals surface area (Å²) in [7, 11) is 0. The van der Waals surface area contributed by atoms with Gasteiger partial charge < -0.3 is 15.7 Å². The molecule has 0 bridgehead atoms. The summed E-state index contributed by atoms with van der Waals surface area (Å²) in [6.45, 7) is 1.86. The number of anilines is 1. The van der Waals surface area contributed by atoms with Crippen LogP contribution in [0.2, 0.25) is 0 Å². The summed E-state index contributed by atoms with van der Waals surface area (Å²) in [5.41, 5.74) is 8.14. The van der Waals surface area contributed by atoms with Gasteiger partial charge in [0.25, 0.3) is 0 Å². The molecule has 0 atom stereocenters. The van der Waals surface area contributed by atoms with Gasteiger partial charge in [0.1, 0.15) is 0 Å². The Morgan fingerprint density at radius 2 is 2.06 bits per heavy atom. The van der Waals surface area contributed by atoms with Gasteiger partial charge in [-0.3, -0.25) is 0 Å². The van der Waals surface area contributed by atoms with E-state index in [1.54, 1.807) is 6.08 Å². The average molecular weight is 232 g/mol. The standard InChI is InChI=1S/C13H16N2O2/c14-8-10-3-5-12(6-4-10)15-7-1-2-11(9-15)13(16)17/h2-6H,1,7-9,14H2,(H,16,17). The molecule has 0 spiro atoms. The van der Waals surface area contributed by atoms with E-state index in [-0.39, 0.29) is 0 Å². The van der Waals surface area contributed by atoms with E-state index >= 15 is 0 Å². The highest BCUT2D eigenvalue weighted by Gasteiger charge is 2.17. The van der Waals surface area contributed by atoms with Crippen LogP contribution < -0.4 is 10.6 Å². The SMILES string of the molecule is NCc1ccc(N2CCC=C(C(=O)O)C2)cc1. The summed E-state index contributed by atoms with van der Waals surface area (Å²) in [6.07, 6.45) is 2.58. The highest BCUT2D eigenvalue weighted by molar-refractivity contribution is 5.88. The maximum Gasteiger partial charge on any atom is 0.333 e. The zero-order valence-electron chi connectivity index (χ0n) is 9.60. The monoisotopic (exact) mass is 232 g/mol. The van der Waals surface area contributed by atoms with Crippen molar-refractivity contribution in [3.05, 3.63) is 41.5 Å². The molecular formula is C13H16N2O2. The van der Waals surface area contributed by atoms with Crippen molar-refractivity contribution in [3.8, 4) is 0 Å². The van der Waals surface area contributed by atoms with Crippen LogP contribution >= 0.6 is 0 Å². The lowest BCUT2D eigenvalue weighted by molar-refractivity contribution is -0.132. The van der Waals surface area contributed by atoms with Gasteiger partial charge in [0.2, 0.25) is 0 Å². The van der Waals surface area contributed by atoms with Crippen molar-refractivity contribution in [2.24, 2.45) is 5.73 Å². The van der Waals surface area contributed by atoms with Crippen molar-refractivity contribution >= 4 is 11.7 Å². The second-order valence-electron chi connectivity index (χ2n) is 4.12. The maximum absolute atomic E-state index is 10.9. The summed E-state index contributed by atoms with van der Waals surface area (Å²) >= 11 is 0. The molecule has 90 valence electrons. The minimum Gasteiger partial charge on any atom is -0.478 e. The first kappa shape index (κ1) is 11.7. The molecule has 0 aliphatic carbocycles. The zero-order valence-corrected chi connectivity index (χ0v) is 9.60. The predicted molar refractivity (Wildman–Crippen MR) is 66.9 cm³/mol. The van der Waals surface area contributed by atoms with E-state index in [0.717, 1.165) is 24.2 Å². The van der Waals surface area contributed by atoms with Crippen molar-refractivity contribution in [2.45, 2.75) is 13.0 Å². The van der Waals surface area contributed by atoms with E-state index in [9.17, 15) is 4.79 Å². The van der Waals surface area contributed by atoms with Gasteiger partial charge in [-0.05, 0) is 24.1 Å². The minimum absolute atomic E-state index is 0.470. The van der Waals surface area contributed by atoms with Crippen LogP contribution in [0.25, 0.3) is 0 Å². The number of rotatable bonds is 3. The van der Waals surface area contributed by atoms with E-state index < -0.39 is 5.97 Å². The van der Waals surface area contributed by atoms with Crippen LogP contribution in [0.15, 0.2) is 35.9 Å². The van der Waals surface area contributed by atoms with E-state index in [1.807, 2.05) is 24.3 Å². The number of hydrogen-bond donors (Lipinski definition) is 2. The van der Waals surface area contributed by atoms with E-state index in [0.29, 0.717) is 18.7 Å². The largest absolute Gasteiger partial charge is 0.478 e. The number of hydrogen-bond acceptors (Lipinski definition) is 3. The molecule has 17 heavy (non-hydrogen) atoms. The molecule has 0 aromatic heterocycles. The molecule has 2 rings (SSSR count). The second kappa shape index (κ2) is 5.01. The molecule has 3 N–H and O–H groups in total. The van der Waals surface area contributed by atoms with Crippen LogP contribution in [0.3, 0.4) is 0 Å². The number of carboxylic acid groups (broad SMARTS) is 1. The molecule has 4 heteroatoms. The molecule has 1 heterocycles.